The molecule has 1 aliphatic carbocycles. The Morgan fingerprint density at radius 1 is 1.24 bits per heavy atom. The van der Waals surface area contributed by atoms with Crippen LogP contribution in [0.2, 0.25) is 0 Å². The largest absolute Gasteiger partial charge is 0.341 e. The summed E-state index contributed by atoms with van der Waals surface area (Å²) in [6.07, 6.45) is 6.35. The zero-order valence-corrected chi connectivity index (χ0v) is 11.8. The van der Waals surface area contributed by atoms with Crippen molar-refractivity contribution in [2.24, 2.45) is 11.1 Å². The van der Waals surface area contributed by atoms with Crippen LogP contribution >= 0.6 is 12.4 Å². The first-order valence-corrected chi connectivity index (χ1v) is 6.57. The lowest BCUT2D eigenvalue weighted by Crippen LogP contribution is -2.61. The number of piperidine rings is 1. The van der Waals surface area contributed by atoms with Gasteiger partial charge in [0.25, 0.3) is 0 Å². The van der Waals surface area contributed by atoms with Crippen molar-refractivity contribution in [3.8, 4) is 0 Å². The van der Waals surface area contributed by atoms with Crippen LogP contribution in [-0.2, 0) is 4.79 Å². The number of rotatable bonds is 2. The Morgan fingerprint density at radius 3 is 2.12 bits per heavy atom. The highest BCUT2D eigenvalue weighted by Crippen LogP contribution is 2.37. The molecule has 4 heteroatoms. The van der Waals surface area contributed by atoms with Gasteiger partial charge < -0.3 is 10.6 Å². The average molecular weight is 261 g/mol. The van der Waals surface area contributed by atoms with Gasteiger partial charge in [-0.2, -0.15) is 0 Å². The molecule has 0 radical (unpaired) electrons. The van der Waals surface area contributed by atoms with Gasteiger partial charge in [0.05, 0.1) is 5.54 Å². The molecule has 0 aromatic heterocycles. The number of hydrogen-bond donors (Lipinski definition) is 1. The van der Waals surface area contributed by atoms with Crippen LogP contribution in [0.1, 0.15) is 52.4 Å². The van der Waals surface area contributed by atoms with E-state index in [4.69, 9.17) is 5.73 Å². The molecule has 2 fully saturated rings. The van der Waals surface area contributed by atoms with E-state index >= 15 is 0 Å². The van der Waals surface area contributed by atoms with E-state index in [2.05, 4.69) is 13.8 Å². The molecule has 0 atom stereocenters. The van der Waals surface area contributed by atoms with E-state index in [0.717, 1.165) is 45.2 Å². The molecule has 1 aliphatic heterocycles. The van der Waals surface area contributed by atoms with Crippen LogP contribution < -0.4 is 5.73 Å². The second kappa shape index (κ2) is 5.15. The van der Waals surface area contributed by atoms with E-state index in [-0.39, 0.29) is 18.3 Å². The third kappa shape index (κ3) is 2.76. The van der Waals surface area contributed by atoms with Crippen LogP contribution in [0.4, 0.5) is 0 Å². The number of nitrogens with zero attached hydrogens (tertiary/aromatic N) is 1. The lowest BCUT2D eigenvalue weighted by atomic mass is 9.74. The number of carbonyl (C=O) groups excluding carboxylic acids is 1. The predicted molar refractivity (Wildman–Crippen MR) is 72.2 cm³/mol. The molecule has 2 N–H and O–H groups in total. The second-order valence-electron chi connectivity index (χ2n) is 5.97. The lowest BCUT2D eigenvalue weighted by Gasteiger charge is -2.45. The first kappa shape index (κ1) is 14.8. The normalized spacial score (nSPS) is 25.7. The molecule has 2 rings (SSSR count). The van der Waals surface area contributed by atoms with Crippen molar-refractivity contribution >= 4 is 18.3 Å². The van der Waals surface area contributed by atoms with Crippen LogP contribution in [0.3, 0.4) is 0 Å². The number of halogens is 1. The topological polar surface area (TPSA) is 46.3 Å². The molecule has 0 spiro atoms. The highest BCUT2D eigenvalue weighted by molar-refractivity contribution is 5.87. The summed E-state index contributed by atoms with van der Waals surface area (Å²) in [7, 11) is 0. The summed E-state index contributed by atoms with van der Waals surface area (Å²) < 4.78 is 0. The zero-order valence-electron chi connectivity index (χ0n) is 11.0. The van der Waals surface area contributed by atoms with Crippen molar-refractivity contribution in [1.82, 2.24) is 4.90 Å². The Morgan fingerprint density at radius 2 is 1.76 bits per heavy atom. The van der Waals surface area contributed by atoms with Crippen molar-refractivity contribution in [1.29, 1.82) is 0 Å². The number of hydrogen-bond acceptors (Lipinski definition) is 2. The summed E-state index contributed by atoms with van der Waals surface area (Å²) in [5.74, 6) is 0.205. The Bertz CT molecular complexity index is 281. The molecule has 1 saturated heterocycles. The summed E-state index contributed by atoms with van der Waals surface area (Å²) in [4.78, 5) is 14.2. The monoisotopic (exact) mass is 260 g/mol. The van der Waals surface area contributed by atoms with E-state index < -0.39 is 5.54 Å². The van der Waals surface area contributed by atoms with Crippen molar-refractivity contribution in [2.75, 3.05) is 13.1 Å². The number of carbonyl (C=O) groups is 1. The lowest BCUT2D eigenvalue weighted by molar-refractivity contribution is -0.142. The van der Waals surface area contributed by atoms with Crippen LogP contribution in [0.5, 0.6) is 0 Å². The van der Waals surface area contributed by atoms with Gasteiger partial charge in [0.15, 0.2) is 0 Å². The number of amides is 1. The molecule has 1 saturated carbocycles. The molecule has 0 aromatic carbocycles. The Hall–Kier alpha value is -0.280. The van der Waals surface area contributed by atoms with Crippen LogP contribution in [0.15, 0.2) is 0 Å². The van der Waals surface area contributed by atoms with Gasteiger partial charge in [0.1, 0.15) is 0 Å². The number of likely N-dealkylation sites (tertiary alicyclic amines) is 1. The maximum atomic E-state index is 12.2. The summed E-state index contributed by atoms with van der Waals surface area (Å²) in [6.45, 7) is 6.38. The smallest absolute Gasteiger partial charge is 0.242 e. The highest BCUT2D eigenvalue weighted by Gasteiger charge is 2.44. The Kier molecular flexibility index (Phi) is 4.48. The number of nitrogens with two attached hydrogens (primary N) is 1. The van der Waals surface area contributed by atoms with Crippen molar-refractivity contribution in [2.45, 2.75) is 57.9 Å². The van der Waals surface area contributed by atoms with Gasteiger partial charge in [-0.05, 0) is 37.5 Å². The zero-order chi connectivity index (χ0) is 11.8. The minimum absolute atomic E-state index is 0. The van der Waals surface area contributed by atoms with Crippen LogP contribution in [0.25, 0.3) is 0 Å². The molecule has 17 heavy (non-hydrogen) atoms. The molecule has 2 aliphatic rings. The Balaban J connectivity index is 0.00000144. The molecule has 1 heterocycles. The first-order valence-electron chi connectivity index (χ1n) is 6.57. The molecule has 100 valence electrons. The SMILES string of the molecule is CCC1(C)CCN(C(=O)C2(N)CCC2)CC1.Cl. The molecular weight excluding hydrogens is 236 g/mol. The minimum atomic E-state index is -0.500. The van der Waals surface area contributed by atoms with E-state index in [9.17, 15) is 4.79 Å². The standard InChI is InChI=1S/C13H24N2O.ClH/c1-3-12(2)7-9-15(10-8-12)11(16)13(14)5-4-6-13;/h3-10,14H2,1-2H3;1H. The molecular formula is C13H25ClN2O. The fourth-order valence-corrected chi connectivity index (χ4v) is 2.69. The maximum Gasteiger partial charge on any atom is 0.242 e. The van der Waals surface area contributed by atoms with Crippen molar-refractivity contribution in [3.63, 3.8) is 0 Å². The van der Waals surface area contributed by atoms with E-state index in [1.54, 1.807) is 0 Å². The fourth-order valence-electron chi connectivity index (χ4n) is 2.69. The Labute approximate surface area is 111 Å². The quantitative estimate of drug-likeness (QED) is 0.828. The van der Waals surface area contributed by atoms with Gasteiger partial charge in [-0.1, -0.05) is 20.3 Å². The average Bonchev–Trinajstić information content (AvgIpc) is 2.26. The van der Waals surface area contributed by atoms with Gasteiger partial charge in [-0.15, -0.1) is 12.4 Å². The minimum Gasteiger partial charge on any atom is -0.341 e. The first-order chi connectivity index (χ1) is 7.49. The molecule has 0 bridgehead atoms. The second-order valence-corrected chi connectivity index (χ2v) is 5.97. The molecule has 0 unspecified atom stereocenters. The molecule has 0 aromatic rings. The van der Waals surface area contributed by atoms with E-state index in [1.807, 2.05) is 4.90 Å². The van der Waals surface area contributed by atoms with Crippen LogP contribution in [-0.4, -0.2) is 29.4 Å². The fraction of sp³-hybridized carbons (Fsp3) is 0.923. The third-order valence-corrected chi connectivity index (χ3v) is 4.78. The van der Waals surface area contributed by atoms with Gasteiger partial charge in [-0.25, -0.2) is 0 Å². The van der Waals surface area contributed by atoms with Gasteiger partial charge in [-0.3, -0.25) is 4.79 Å². The molecule has 1 amide bonds. The highest BCUT2D eigenvalue weighted by atomic mass is 35.5. The molecule has 3 nitrogen and oxygen atoms in total. The van der Waals surface area contributed by atoms with Crippen LogP contribution in [0, 0.1) is 5.41 Å². The predicted octanol–water partition coefficient (Wildman–Crippen LogP) is 2.33. The maximum absolute atomic E-state index is 12.2. The van der Waals surface area contributed by atoms with Gasteiger partial charge in [0, 0.05) is 13.1 Å². The summed E-state index contributed by atoms with van der Waals surface area (Å²) >= 11 is 0. The summed E-state index contributed by atoms with van der Waals surface area (Å²) in [5, 5.41) is 0. The summed E-state index contributed by atoms with van der Waals surface area (Å²) in [5.41, 5.74) is 6.03. The van der Waals surface area contributed by atoms with E-state index in [1.165, 1.54) is 6.42 Å². The van der Waals surface area contributed by atoms with Crippen molar-refractivity contribution < 1.29 is 4.79 Å². The van der Waals surface area contributed by atoms with Crippen molar-refractivity contribution in [3.05, 3.63) is 0 Å². The third-order valence-electron chi connectivity index (χ3n) is 4.78. The van der Waals surface area contributed by atoms with E-state index in [0.29, 0.717) is 5.41 Å². The van der Waals surface area contributed by atoms with Gasteiger partial charge >= 0.3 is 0 Å². The van der Waals surface area contributed by atoms with Gasteiger partial charge in [0.2, 0.25) is 5.91 Å². The summed E-state index contributed by atoms with van der Waals surface area (Å²) in [6, 6.07) is 0.